The molecular weight excluding hydrogens is 488 g/mol. The lowest BCUT2D eigenvalue weighted by Crippen LogP contribution is -2.13. The first-order chi connectivity index (χ1) is 19.0. The van der Waals surface area contributed by atoms with Crippen molar-refractivity contribution >= 4 is 35.7 Å². The minimum absolute atomic E-state index is 0.188. The Morgan fingerprint density at radius 2 is 0.872 bits per heavy atom. The predicted octanol–water partition coefficient (Wildman–Crippen LogP) is 8.06. The van der Waals surface area contributed by atoms with Gasteiger partial charge in [0.2, 0.25) is 0 Å². The molecule has 0 saturated carbocycles. The average molecular weight is 519 g/mol. The van der Waals surface area contributed by atoms with Crippen LogP contribution in [0.15, 0.2) is 110 Å². The summed E-state index contributed by atoms with van der Waals surface area (Å²) in [5.41, 5.74) is 7.30. The fourth-order valence-corrected chi connectivity index (χ4v) is 3.75. The van der Waals surface area contributed by atoms with Gasteiger partial charge in [0.1, 0.15) is 13.2 Å². The van der Waals surface area contributed by atoms with Gasteiger partial charge >= 0.3 is 12.2 Å². The lowest BCUT2D eigenvalue weighted by Gasteiger charge is -2.09. The predicted molar refractivity (Wildman–Crippen MR) is 156 cm³/mol. The highest BCUT2D eigenvalue weighted by Gasteiger charge is 2.06. The van der Waals surface area contributed by atoms with Gasteiger partial charge in [-0.05, 0) is 64.1 Å². The molecule has 0 aliphatic heterocycles. The van der Waals surface area contributed by atoms with E-state index in [2.05, 4.69) is 23.8 Å². The summed E-state index contributed by atoms with van der Waals surface area (Å²) < 4.78 is 10.6. The molecule has 6 heteroatoms. The lowest BCUT2D eigenvalue weighted by atomic mass is 10.0. The molecule has 2 N–H and O–H groups in total. The molecule has 4 aromatic rings. The SMILES string of the molecule is C=Cc1ccc(COC(=O)Nc2ccc(Cc3ccc(NC(=O)OCc4ccc(C=C)cc4)cc3)cc2)cc1. The van der Waals surface area contributed by atoms with Gasteiger partial charge in [-0.3, -0.25) is 10.6 Å². The summed E-state index contributed by atoms with van der Waals surface area (Å²) in [5.74, 6) is 0. The Kier molecular flexibility index (Phi) is 9.29. The molecule has 2 amide bonds. The Morgan fingerprint density at radius 3 is 1.21 bits per heavy atom. The Hall–Kier alpha value is -5.10. The minimum atomic E-state index is -0.511. The molecular formula is C33H30N2O4. The van der Waals surface area contributed by atoms with Gasteiger partial charge < -0.3 is 9.47 Å². The summed E-state index contributed by atoms with van der Waals surface area (Å²) in [6, 6.07) is 30.5. The first-order valence-corrected chi connectivity index (χ1v) is 12.5. The van der Waals surface area contributed by atoms with Crippen LogP contribution in [0.25, 0.3) is 12.2 Å². The molecule has 0 radical (unpaired) electrons. The van der Waals surface area contributed by atoms with E-state index in [0.29, 0.717) is 17.8 Å². The monoisotopic (exact) mass is 518 g/mol. The van der Waals surface area contributed by atoms with Gasteiger partial charge in [0.25, 0.3) is 0 Å². The number of benzene rings is 4. The molecule has 0 aromatic heterocycles. The van der Waals surface area contributed by atoms with Crippen LogP contribution in [-0.4, -0.2) is 12.2 Å². The van der Waals surface area contributed by atoms with Gasteiger partial charge in [0.05, 0.1) is 0 Å². The number of hydrogen-bond acceptors (Lipinski definition) is 4. The first kappa shape index (κ1) is 26.9. The molecule has 4 rings (SSSR count). The van der Waals surface area contributed by atoms with E-state index in [0.717, 1.165) is 33.4 Å². The second-order valence-electron chi connectivity index (χ2n) is 8.86. The largest absolute Gasteiger partial charge is 0.444 e. The van der Waals surface area contributed by atoms with E-state index in [-0.39, 0.29) is 13.2 Å². The third kappa shape index (κ3) is 8.47. The number of amides is 2. The average Bonchev–Trinajstić information content (AvgIpc) is 2.97. The summed E-state index contributed by atoms with van der Waals surface area (Å²) in [7, 11) is 0. The van der Waals surface area contributed by atoms with Crippen LogP contribution in [-0.2, 0) is 29.1 Å². The fraction of sp³-hybridized carbons (Fsp3) is 0.0909. The molecule has 0 unspecified atom stereocenters. The zero-order valence-corrected chi connectivity index (χ0v) is 21.6. The maximum atomic E-state index is 12.1. The lowest BCUT2D eigenvalue weighted by molar-refractivity contribution is 0.154. The normalized spacial score (nSPS) is 10.3. The van der Waals surface area contributed by atoms with E-state index in [4.69, 9.17) is 9.47 Å². The summed E-state index contributed by atoms with van der Waals surface area (Å²) >= 11 is 0. The minimum Gasteiger partial charge on any atom is -0.444 e. The van der Waals surface area contributed by atoms with Gasteiger partial charge in [-0.1, -0.05) is 98.1 Å². The zero-order valence-electron chi connectivity index (χ0n) is 21.6. The topological polar surface area (TPSA) is 76.7 Å². The highest BCUT2D eigenvalue weighted by molar-refractivity contribution is 5.85. The van der Waals surface area contributed by atoms with Crippen molar-refractivity contribution in [3.05, 3.63) is 144 Å². The van der Waals surface area contributed by atoms with Crippen LogP contribution in [0.3, 0.4) is 0 Å². The number of carbonyl (C=O) groups is 2. The standard InChI is InChI=1S/C33H30N2O4/c1-3-24-5-9-28(10-6-24)22-38-32(36)34-30-17-13-26(14-18-30)21-27-15-19-31(20-16-27)35-33(37)39-23-29-11-7-25(4-2)8-12-29/h3-20H,1-2,21-23H2,(H,34,36)(H,35,37). The van der Waals surface area contributed by atoms with Crippen molar-refractivity contribution in [3.63, 3.8) is 0 Å². The van der Waals surface area contributed by atoms with Gasteiger partial charge in [0, 0.05) is 11.4 Å². The molecule has 0 spiro atoms. The zero-order chi connectivity index (χ0) is 27.5. The van der Waals surface area contributed by atoms with Gasteiger partial charge in [0.15, 0.2) is 0 Å². The van der Waals surface area contributed by atoms with Crippen molar-refractivity contribution in [3.8, 4) is 0 Å². The summed E-state index contributed by atoms with van der Waals surface area (Å²) in [5, 5.41) is 5.49. The van der Waals surface area contributed by atoms with Gasteiger partial charge in [-0.15, -0.1) is 0 Å². The molecule has 4 aromatic carbocycles. The van der Waals surface area contributed by atoms with Gasteiger partial charge in [-0.25, -0.2) is 9.59 Å². The fourth-order valence-electron chi connectivity index (χ4n) is 3.75. The maximum absolute atomic E-state index is 12.1. The second kappa shape index (κ2) is 13.4. The van der Waals surface area contributed by atoms with E-state index in [1.165, 1.54) is 0 Å². The van der Waals surface area contributed by atoms with Crippen LogP contribution in [0.4, 0.5) is 21.0 Å². The Labute approximate surface area is 228 Å². The quantitative estimate of drug-likeness (QED) is 0.223. The molecule has 0 heterocycles. The van der Waals surface area contributed by atoms with Gasteiger partial charge in [-0.2, -0.15) is 0 Å². The third-order valence-electron chi connectivity index (χ3n) is 5.98. The summed E-state index contributed by atoms with van der Waals surface area (Å²) in [6.07, 6.45) is 3.21. The van der Waals surface area contributed by atoms with Crippen molar-refractivity contribution in [2.45, 2.75) is 19.6 Å². The molecule has 0 saturated heterocycles. The van der Waals surface area contributed by atoms with Crippen molar-refractivity contribution in [1.29, 1.82) is 0 Å². The Morgan fingerprint density at radius 1 is 0.538 bits per heavy atom. The number of anilines is 2. The van der Waals surface area contributed by atoms with E-state index in [9.17, 15) is 9.59 Å². The highest BCUT2D eigenvalue weighted by atomic mass is 16.6. The van der Waals surface area contributed by atoms with E-state index in [1.807, 2.05) is 97.1 Å². The van der Waals surface area contributed by atoms with Crippen molar-refractivity contribution < 1.29 is 19.1 Å². The van der Waals surface area contributed by atoms with Crippen LogP contribution < -0.4 is 10.6 Å². The van der Waals surface area contributed by atoms with Crippen LogP contribution in [0.5, 0.6) is 0 Å². The van der Waals surface area contributed by atoms with Crippen molar-refractivity contribution in [2.75, 3.05) is 10.6 Å². The molecule has 0 aliphatic rings. The Bertz CT molecular complexity index is 1300. The van der Waals surface area contributed by atoms with E-state index < -0.39 is 12.2 Å². The molecule has 6 nitrogen and oxygen atoms in total. The molecule has 39 heavy (non-hydrogen) atoms. The molecule has 0 fully saturated rings. The van der Waals surface area contributed by atoms with Crippen LogP contribution in [0, 0.1) is 0 Å². The highest BCUT2D eigenvalue weighted by Crippen LogP contribution is 2.17. The number of rotatable bonds is 10. The maximum Gasteiger partial charge on any atom is 0.411 e. The number of hydrogen-bond donors (Lipinski definition) is 2. The molecule has 0 bridgehead atoms. The first-order valence-electron chi connectivity index (χ1n) is 12.5. The molecule has 196 valence electrons. The summed E-state index contributed by atoms with van der Waals surface area (Å²) in [6.45, 7) is 7.83. The summed E-state index contributed by atoms with van der Waals surface area (Å²) in [4.78, 5) is 24.3. The van der Waals surface area contributed by atoms with E-state index >= 15 is 0 Å². The Balaban J connectivity index is 1.20. The number of carbonyl (C=O) groups excluding carboxylic acids is 2. The smallest absolute Gasteiger partial charge is 0.411 e. The molecule has 0 atom stereocenters. The van der Waals surface area contributed by atoms with Crippen molar-refractivity contribution in [2.24, 2.45) is 0 Å². The van der Waals surface area contributed by atoms with Crippen LogP contribution >= 0.6 is 0 Å². The van der Waals surface area contributed by atoms with Crippen molar-refractivity contribution in [1.82, 2.24) is 0 Å². The number of ether oxygens (including phenoxy) is 2. The third-order valence-corrected chi connectivity index (χ3v) is 5.98. The number of nitrogens with one attached hydrogen (secondary N) is 2. The second-order valence-corrected chi connectivity index (χ2v) is 8.86. The van der Waals surface area contributed by atoms with Crippen LogP contribution in [0.2, 0.25) is 0 Å². The van der Waals surface area contributed by atoms with Crippen LogP contribution in [0.1, 0.15) is 33.4 Å². The molecule has 0 aliphatic carbocycles. The van der Waals surface area contributed by atoms with E-state index in [1.54, 1.807) is 12.2 Å².